The van der Waals surface area contributed by atoms with E-state index >= 15 is 0 Å². The van der Waals surface area contributed by atoms with Crippen LogP contribution in [0.3, 0.4) is 0 Å². The van der Waals surface area contributed by atoms with Gasteiger partial charge in [-0.1, -0.05) is 29.8 Å². The molecule has 0 unspecified atom stereocenters. The van der Waals surface area contributed by atoms with E-state index in [4.69, 9.17) is 0 Å². The number of aromatic nitrogens is 1. The molecule has 0 saturated carbocycles. The molecule has 0 fully saturated rings. The Balaban J connectivity index is 1.54. The van der Waals surface area contributed by atoms with Crippen molar-refractivity contribution < 1.29 is 12.8 Å². The summed E-state index contributed by atoms with van der Waals surface area (Å²) in [7, 11) is -3.51. The molecule has 3 aromatic rings. The predicted molar refractivity (Wildman–Crippen MR) is 108 cm³/mol. The monoisotopic (exact) mass is 402 g/mol. The summed E-state index contributed by atoms with van der Waals surface area (Å²) in [6.45, 7) is 2.24. The second-order valence-electron chi connectivity index (χ2n) is 6.05. The van der Waals surface area contributed by atoms with Crippen molar-refractivity contribution in [2.45, 2.75) is 13.3 Å². The highest BCUT2D eigenvalue weighted by atomic mass is 32.2. The summed E-state index contributed by atoms with van der Waals surface area (Å²) in [6, 6.07) is 13.7. The summed E-state index contributed by atoms with van der Waals surface area (Å²) in [4.78, 5) is 4.47. The van der Waals surface area contributed by atoms with Gasteiger partial charge in [0.25, 0.3) is 0 Å². The van der Waals surface area contributed by atoms with Crippen molar-refractivity contribution in [3.05, 3.63) is 82.0 Å². The maximum absolute atomic E-state index is 13.0. The Morgan fingerprint density at radius 1 is 1.11 bits per heavy atom. The molecule has 0 aliphatic rings. The predicted octanol–water partition coefficient (Wildman–Crippen LogP) is 4.39. The molecule has 0 aliphatic heterocycles. The molecule has 1 N–H and O–H groups in total. The molecule has 7 heteroatoms. The molecule has 0 spiro atoms. The number of hydrogen-bond donors (Lipinski definition) is 1. The molecule has 140 valence electrons. The van der Waals surface area contributed by atoms with E-state index in [2.05, 4.69) is 9.71 Å². The minimum atomic E-state index is -3.51. The van der Waals surface area contributed by atoms with Crippen LogP contribution in [0.25, 0.3) is 16.6 Å². The Hall–Kier alpha value is -2.35. The lowest BCUT2D eigenvalue weighted by Gasteiger charge is -2.01. The SMILES string of the molecule is Cc1ccc(C=CS(=O)(=O)NCCc2csc(-c3ccc(F)cc3)n2)cc1. The molecule has 4 nitrogen and oxygen atoms in total. The first-order chi connectivity index (χ1) is 12.9. The van der Waals surface area contributed by atoms with Crippen molar-refractivity contribution in [3.63, 3.8) is 0 Å². The summed E-state index contributed by atoms with van der Waals surface area (Å²) in [5.41, 5.74) is 3.59. The zero-order chi connectivity index (χ0) is 19.3. The molecule has 1 heterocycles. The lowest BCUT2D eigenvalue weighted by atomic mass is 10.2. The van der Waals surface area contributed by atoms with Gasteiger partial charge >= 0.3 is 0 Å². The van der Waals surface area contributed by atoms with E-state index < -0.39 is 10.0 Å². The van der Waals surface area contributed by atoms with Crippen molar-refractivity contribution in [2.75, 3.05) is 6.54 Å². The number of nitrogens with one attached hydrogen (secondary N) is 1. The second-order valence-corrected chi connectivity index (χ2v) is 8.56. The fourth-order valence-corrected chi connectivity index (χ4v) is 4.04. The van der Waals surface area contributed by atoms with Gasteiger partial charge in [-0.05, 0) is 42.8 Å². The van der Waals surface area contributed by atoms with Crippen LogP contribution < -0.4 is 4.72 Å². The summed E-state index contributed by atoms with van der Waals surface area (Å²) in [6.07, 6.45) is 2.05. The number of hydrogen-bond acceptors (Lipinski definition) is 4. The van der Waals surface area contributed by atoms with Crippen LogP contribution in [-0.2, 0) is 16.4 Å². The third-order valence-corrected chi connectivity index (χ3v) is 5.89. The number of rotatable bonds is 7. The lowest BCUT2D eigenvalue weighted by molar-refractivity contribution is 0.591. The van der Waals surface area contributed by atoms with E-state index in [0.717, 1.165) is 27.4 Å². The molecule has 0 saturated heterocycles. The molecular formula is C20H19FN2O2S2. The average molecular weight is 403 g/mol. The minimum absolute atomic E-state index is 0.257. The van der Waals surface area contributed by atoms with Crippen LogP contribution in [0.4, 0.5) is 4.39 Å². The third kappa shape index (κ3) is 5.82. The van der Waals surface area contributed by atoms with E-state index in [-0.39, 0.29) is 12.4 Å². The molecule has 3 rings (SSSR count). The Bertz CT molecular complexity index is 1020. The maximum atomic E-state index is 13.0. The Labute approximate surface area is 162 Å². The van der Waals surface area contributed by atoms with E-state index in [1.807, 2.05) is 36.6 Å². The van der Waals surface area contributed by atoms with Gasteiger partial charge in [0, 0.05) is 29.3 Å². The van der Waals surface area contributed by atoms with Crippen LogP contribution in [0.15, 0.2) is 59.3 Å². The first kappa shape index (κ1) is 19.4. The number of nitrogens with zero attached hydrogens (tertiary/aromatic N) is 1. The highest BCUT2D eigenvalue weighted by molar-refractivity contribution is 7.92. The van der Waals surface area contributed by atoms with Gasteiger partial charge in [0.05, 0.1) is 5.69 Å². The second kappa shape index (κ2) is 8.56. The van der Waals surface area contributed by atoms with Gasteiger partial charge in [-0.2, -0.15) is 0 Å². The molecule has 0 amide bonds. The van der Waals surface area contributed by atoms with Crippen LogP contribution in [0.2, 0.25) is 0 Å². The molecule has 1 aromatic heterocycles. The molecule has 0 radical (unpaired) electrons. The molecule has 27 heavy (non-hydrogen) atoms. The van der Waals surface area contributed by atoms with Gasteiger partial charge in [0.1, 0.15) is 10.8 Å². The quantitative estimate of drug-likeness (QED) is 0.638. The number of benzene rings is 2. The van der Waals surface area contributed by atoms with Crippen LogP contribution in [0.1, 0.15) is 16.8 Å². The maximum Gasteiger partial charge on any atom is 0.233 e. The Kier molecular flexibility index (Phi) is 6.15. The topological polar surface area (TPSA) is 59.1 Å². The minimum Gasteiger partial charge on any atom is -0.241 e. The number of thiazole rings is 1. The van der Waals surface area contributed by atoms with E-state index in [1.165, 1.54) is 28.9 Å². The van der Waals surface area contributed by atoms with Crippen molar-refractivity contribution in [1.29, 1.82) is 0 Å². The number of halogens is 1. The summed E-state index contributed by atoms with van der Waals surface area (Å²) in [5.74, 6) is -0.288. The molecular weight excluding hydrogens is 383 g/mol. The highest BCUT2D eigenvalue weighted by Gasteiger charge is 2.08. The average Bonchev–Trinajstić information content (AvgIpc) is 3.11. The first-order valence-corrected chi connectivity index (χ1v) is 10.8. The summed E-state index contributed by atoms with van der Waals surface area (Å²) < 4.78 is 39.7. The van der Waals surface area contributed by atoms with E-state index in [9.17, 15) is 12.8 Å². The molecule has 0 aliphatic carbocycles. The van der Waals surface area contributed by atoms with Gasteiger partial charge in [-0.15, -0.1) is 11.3 Å². The van der Waals surface area contributed by atoms with Gasteiger partial charge in [-0.25, -0.2) is 22.5 Å². The van der Waals surface area contributed by atoms with Crippen LogP contribution >= 0.6 is 11.3 Å². The van der Waals surface area contributed by atoms with Gasteiger partial charge < -0.3 is 0 Å². The normalized spacial score (nSPS) is 11.9. The van der Waals surface area contributed by atoms with E-state index in [1.54, 1.807) is 18.2 Å². The fraction of sp³-hybridized carbons (Fsp3) is 0.150. The van der Waals surface area contributed by atoms with Crippen molar-refractivity contribution >= 4 is 27.4 Å². The fourth-order valence-electron chi connectivity index (χ4n) is 2.36. The zero-order valence-electron chi connectivity index (χ0n) is 14.7. The number of aryl methyl sites for hydroxylation is 1. The standard InChI is InChI=1S/C20H19FN2O2S2/c1-15-2-4-16(5-3-15)11-13-27(24,25)22-12-10-19-14-26-20(23-19)17-6-8-18(21)9-7-17/h2-9,11,13-14,22H,10,12H2,1H3. The summed E-state index contributed by atoms with van der Waals surface area (Å²) >= 11 is 1.45. The van der Waals surface area contributed by atoms with Crippen molar-refractivity contribution in [1.82, 2.24) is 9.71 Å². The molecule has 0 bridgehead atoms. The smallest absolute Gasteiger partial charge is 0.233 e. The first-order valence-electron chi connectivity index (χ1n) is 8.36. The number of sulfonamides is 1. The Morgan fingerprint density at radius 3 is 2.52 bits per heavy atom. The third-order valence-electron chi connectivity index (χ3n) is 3.84. The lowest BCUT2D eigenvalue weighted by Crippen LogP contribution is -2.23. The molecule has 0 atom stereocenters. The van der Waals surface area contributed by atoms with Gasteiger partial charge in [-0.3, -0.25) is 0 Å². The van der Waals surface area contributed by atoms with Crippen LogP contribution in [0, 0.1) is 12.7 Å². The van der Waals surface area contributed by atoms with Crippen LogP contribution in [-0.4, -0.2) is 19.9 Å². The molecule has 2 aromatic carbocycles. The zero-order valence-corrected chi connectivity index (χ0v) is 16.4. The van der Waals surface area contributed by atoms with E-state index in [0.29, 0.717) is 6.42 Å². The van der Waals surface area contributed by atoms with Crippen LogP contribution in [0.5, 0.6) is 0 Å². The Morgan fingerprint density at radius 2 is 1.81 bits per heavy atom. The van der Waals surface area contributed by atoms with Crippen molar-refractivity contribution in [2.24, 2.45) is 0 Å². The van der Waals surface area contributed by atoms with Gasteiger partial charge in [0.15, 0.2) is 0 Å². The largest absolute Gasteiger partial charge is 0.241 e. The summed E-state index contributed by atoms with van der Waals surface area (Å²) in [5, 5.41) is 3.84. The van der Waals surface area contributed by atoms with Gasteiger partial charge in [0.2, 0.25) is 10.0 Å². The highest BCUT2D eigenvalue weighted by Crippen LogP contribution is 2.24. The van der Waals surface area contributed by atoms with Crippen molar-refractivity contribution in [3.8, 4) is 10.6 Å².